The Morgan fingerprint density at radius 1 is 1.17 bits per heavy atom. The number of benzene rings is 1. The molecule has 158 valence electrons. The van der Waals surface area contributed by atoms with Crippen LogP contribution in [0.1, 0.15) is 40.6 Å². The zero-order valence-corrected chi connectivity index (χ0v) is 18.0. The van der Waals surface area contributed by atoms with E-state index in [1.54, 1.807) is 30.0 Å². The molecular formula is C21H29FN4O2S. The van der Waals surface area contributed by atoms with E-state index in [0.717, 1.165) is 35.4 Å². The fourth-order valence-electron chi connectivity index (χ4n) is 2.73. The van der Waals surface area contributed by atoms with E-state index in [-0.39, 0.29) is 11.7 Å². The fraction of sp³-hybridized carbons (Fsp3) is 0.429. The minimum absolute atomic E-state index is 0.203. The first-order valence-corrected chi connectivity index (χ1v) is 11.0. The molecule has 0 unspecified atom stereocenters. The largest absolute Gasteiger partial charge is 0.459 e. The zero-order valence-electron chi connectivity index (χ0n) is 17.2. The summed E-state index contributed by atoms with van der Waals surface area (Å²) in [6.45, 7) is 6.23. The Kier molecular flexibility index (Phi) is 9.56. The van der Waals surface area contributed by atoms with Crippen molar-refractivity contribution in [1.29, 1.82) is 0 Å². The monoisotopic (exact) mass is 420 g/mol. The summed E-state index contributed by atoms with van der Waals surface area (Å²) in [4.78, 5) is 16.6. The molecule has 6 nitrogen and oxygen atoms in total. The number of aryl methyl sites for hydroxylation is 1. The first kappa shape index (κ1) is 22.8. The summed E-state index contributed by atoms with van der Waals surface area (Å²) in [6.07, 6.45) is 4.25. The van der Waals surface area contributed by atoms with Crippen LogP contribution >= 0.6 is 11.8 Å². The minimum atomic E-state index is -0.224. The van der Waals surface area contributed by atoms with Crippen LogP contribution in [0.4, 0.5) is 4.39 Å². The van der Waals surface area contributed by atoms with Gasteiger partial charge in [0.05, 0.1) is 12.8 Å². The maximum Gasteiger partial charge on any atom is 0.287 e. The molecule has 0 aliphatic heterocycles. The van der Waals surface area contributed by atoms with Gasteiger partial charge in [0.15, 0.2) is 11.7 Å². The number of carbonyl (C=O) groups is 1. The van der Waals surface area contributed by atoms with Crippen LogP contribution in [0.25, 0.3) is 0 Å². The van der Waals surface area contributed by atoms with Crippen LogP contribution in [-0.2, 0) is 12.3 Å². The van der Waals surface area contributed by atoms with Crippen molar-refractivity contribution >= 4 is 23.6 Å². The highest BCUT2D eigenvalue weighted by molar-refractivity contribution is 7.97. The molecule has 0 spiro atoms. The molecule has 1 amide bonds. The van der Waals surface area contributed by atoms with Crippen molar-refractivity contribution in [2.45, 2.75) is 32.6 Å². The van der Waals surface area contributed by atoms with Gasteiger partial charge in [0.1, 0.15) is 5.82 Å². The van der Waals surface area contributed by atoms with Crippen molar-refractivity contribution in [3.05, 3.63) is 58.8 Å². The summed E-state index contributed by atoms with van der Waals surface area (Å²) in [5.41, 5.74) is 2.80. The van der Waals surface area contributed by atoms with Crippen molar-refractivity contribution in [2.24, 2.45) is 4.99 Å². The Balaban J connectivity index is 1.82. The van der Waals surface area contributed by atoms with Gasteiger partial charge in [-0.15, -0.1) is 0 Å². The highest BCUT2D eigenvalue weighted by Gasteiger charge is 2.11. The van der Waals surface area contributed by atoms with Crippen LogP contribution in [-0.4, -0.2) is 37.8 Å². The predicted molar refractivity (Wildman–Crippen MR) is 117 cm³/mol. The molecule has 0 bridgehead atoms. The van der Waals surface area contributed by atoms with Gasteiger partial charge in [-0.2, -0.15) is 11.8 Å². The number of rotatable bonds is 10. The Bertz CT molecular complexity index is 823. The summed E-state index contributed by atoms with van der Waals surface area (Å²) in [5.74, 6) is 1.37. The summed E-state index contributed by atoms with van der Waals surface area (Å²) < 4.78 is 18.7. The van der Waals surface area contributed by atoms with Crippen LogP contribution < -0.4 is 16.0 Å². The highest BCUT2D eigenvalue weighted by Crippen LogP contribution is 2.17. The molecule has 0 aliphatic carbocycles. The lowest BCUT2D eigenvalue weighted by Gasteiger charge is -2.12. The average Bonchev–Trinajstić information content (AvgIpc) is 3.13. The maximum atomic E-state index is 13.5. The molecule has 1 aromatic carbocycles. The Labute approximate surface area is 175 Å². The molecule has 0 fully saturated rings. The van der Waals surface area contributed by atoms with Crippen molar-refractivity contribution in [1.82, 2.24) is 16.0 Å². The second kappa shape index (κ2) is 12.2. The Hall–Kier alpha value is -2.48. The van der Waals surface area contributed by atoms with Crippen LogP contribution in [0, 0.1) is 12.7 Å². The molecule has 0 saturated heterocycles. The van der Waals surface area contributed by atoms with Crippen LogP contribution in [0.15, 0.2) is 39.9 Å². The first-order chi connectivity index (χ1) is 14.0. The molecule has 1 heterocycles. The lowest BCUT2D eigenvalue weighted by Crippen LogP contribution is -2.38. The average molecular weight is 421 g/mol. The summed E-state index contributed by atoms with van der Waals surface area (Å²) in [5, 5.41) is 9.31. The molecule has 2 rings (SSSR count). The second-order valence-corrected chi connectivity index (χ2v) is 7.38. The number of furan rings is 1. The van der Waals surface area contributed by atoms with E-state index in [9.17, 15) is 9.18 Å². The molecule has 1 aromatic heterocycles. The van der Waals surface area contributed by atoms with E-state index in [0.29, 0.717) is 31.4 Å². The van der Waals surface area contributed by atoms with Crippen LogP contribution in [0.5, 0.6) is 0 Å². The molecule has 0 radical (unpaired) electrons. The molecular weight excluding hydrogens is 391 g/mol. The second-order valence-electron chi connectivity index (χ2n) is 6.51. The van der Waals surface area contributed by atoms with Gasteiger partial charge in [0, 0.05) is 31.0 Å². The SMILES string of the molecule is CCNC(=NCc1ccc(F)cc1CSC)NCCCNC(=O)c1occc1C. The zero-order chi connectivity index (χ0) is 21.1. The third kappa shape index (κ3) is 7.45. The van der Waals surface area contributed by atoms with E-state index in [1.807, 2.05) is 20.1 Å². The molecule has 8 heteroatoms. The molecule has 0 aliphatic rings. The van der Waals surface area contributed by atoms with Crippen LogP contribution in [0.2, 0.25) is 0 Å². The summed E-state index contributed by atoms with van der Waals surface area (Å²) >= 11 is 1.66. The summed E-state index contributed by atoms with van der Waals surface area (Å²) in [6, 6.07) is 6.60. The number of hydrogen-bond donors (Lipinski definition) is 3. The molecule has 0 saturated carbocycles. The number of nitrogens with zero attached hydrogens (tertiary/aromatic N) is 1. The fourth-order valence-corrected chi connectivity index (χ4v) is 3.31. The Morgan fingerprint density at radius 2 is 1.97 bits per heavy atom. The van der Waals surface area contributed by atoms with E-state index in [2.05, 4.69) is 20.9 Å². The smallest absolute Gasteiger partial charge is 0.287 e. The number of carbonyl (C=O) groups excluding carboxylic acids is 1. The van der Waals surface area contributed by atoms with Gasteiger partial charge in [0.25, 0.3) is 5.91 Å². The van der Waals surface area contributed by atoms with E-state index >= 15 is 0 Å². The molecule has 29 heavy (non-hydrogen) atoms. The van der Waals surface area contributed by atoms with Gasteiger partial charge < -0.3 is 20.4 Å². The van der Waals surface area contributed by atoms with Crippen molar-refractivity contribution in [2.75, 3.05) is 25.9 Å². The number of guanidine groups is 1. The number of thioether (sulfide) groups is 1. The number of aliphatic imine (C=N–C) groups is 1. The lowest BCUT2D eigenvalue weighted by molar-refractivity contribution is 0.0925. The van der Waals surface area contributed by atoms with Gasteiger partial charge in [-0.25, -0.2) is 9.38 Å². The minimum Gasteiger partial charge on any atom is -0.459 e. The van der Waals surface area contributed by atoms with E-state index in [1.165, 1.54) is 12.3 Å². The van der Waals surface area contributed by atoms with Gasteiger partial charge in [-0.3, -0.25) is 4.79 Å². The standard InChI is InChI=1S/C21H29FN4O2S/c1-4-23-21(26-13-16-6-7-18(22)12-17(16)14-29-3)25-10-5-9-24-20(27)19-15(2)8-11-28-19/h6-8,11-12H,4-5,9-10,13-14H2,1-3H3,(H,24,27)(H2,23,25,26). The van der Waals surface area contributed by atoms with Gasteiger partial charge in [0.2, 0.25) is 0 Å². The van der Waals surface area contributed by atoms with Crippen molar-refractivity contribution in [3.8, 4) is 0 Å². The van der Waals surface area contributed by atoms with Crippen molar-refractivity contribution < 1.29 is 13.6 Å². The topological polar surface area (TPSA) is 78.7 Å². The quantitative estimate of drug-likeness (QED) is 0.312. The summed E-state index contributed by atoms with van der Waals surface area (Å²) in [7, 11) is 0. The Morgan fingerprint density at radius 3 is 2.66 bits per heavy atom. The van der Waals surface area contributed by atoms with Crippen molar-refractivity contribution in [3.63, 3.8) is 0 Å². The highest BCUT2D eigenvalue weighted by atomic mass is 32.2. The molecule has 0 atom stereocenters. The van der Waals surface area contributed by atoms with Gasteiger partial charge in [-0.05, 0) is 55.9 Å². The number of nitrogens with one attached hydrogen (secondary N) is 3. The number of hydrogen-bond acceptors (Lipinski definition) is 4. The molecule has 2 aromatic rings. The normalized spacial score (nSPS) is 11.4. The third-order valence-electron chi connectivity index (χ3n) is 4.22. The van der Waals surface area contributed by atoms with Crippen LogP contribution in [0.3, 0.4) is 0 Å². The maximum absolute atomic E-state index is 13.5. The first-order valence-electron chi connectivity index (χ1n) is 9.65. The lowest BCUT2D eigenvalue weighted by atomic mass is 10.1. The predicted octanol–water partition coefficient (Wildman–Crippen LogP) is 3.47. The number of halogens is 1. The van der Waals surface area contributed by atoms with E-state index < -0.39 is 0 Å². The van der Waals surface area contributed by atoms with Gasteiger partial charge >= 0.3 is 0 Å². The molecule has 3 N–H and O–H groups in total. The van der Waals surface area contributed by atoms with Gasteiger partial charge in [-0.1, -0.05) is 6.07 Å². The number of amides is 1. The van der Waals surface area contributed by atoms with E-state index in [4.69, 9.17) is 4.42 Å². The third-order valence-corrected chi connectivity index (χ3v) is 4.82.